The molecule has 5 nitrogen and oxygen atoms in total. The summed E-state index contributed by atoms with van der Waals surface area (Å²) in [6.45, 7) is 0.916. The average Bonchev–Trinajstić information content (AvgIpc) is 1.21. The third-order valence-electron chi connectivity index (χ3n) is 0.247. The maximum Gasteiger partial charge on any atom is 1.00 e. The summed E-state index contributed by atoms with van der Waals surface area (Å²) < 4.78 is 13.2. The number of hydrogen-bond acceptors (Lipinski definition) is 3. The molecule has 0 aliphatic rings. The summed E-state index contributed by atoms with van der Waals surface area (Å²) >= 11 is 0. The molecule has 0 heterocycles. The minimum Gasteiger partial charge on any atom is -1.00 e. The van der Waals surface area contributed by atoms with Crippen LogP contribution in [0.3, 0.4) is 0 Å². The van der Waals surface area contributed by atoms with E-state index in [1.165, 1.54) is 0 Å². The molecule has 0 spiro atoms. The van der Waals surface area contributed by atoms with Crippen LogP contribution in [0.4, 0.5) is 0 Å². The summed E-state index contributed by atoms with van der Waals surface area (Å²) in [5.74, 6) is -0.988. The molecule has 2 N–H and O–H groups in total. The van der Waals surface area contributed by atoms with Crippen LogP contribution in [-0.2, 0) is 13.9 Å². The molecule has 52 valence electrons. The second kappa shape index (κ2) is 6.52. The van der Waals surface area contributed by atoms with Crippen molar-refractivity contribution in [2.24, 2.45) is 0 Å². The fourth-order valence-corrected chi connectivity index (χ4v) is 0.502. The topological polar surface area (TPSA) is 83.8 Å². The standard InChI is InChI=1S/C2H5O5P.2Li.2H/c1-2(3)7-8(4,5)6;;;;/h1H3,(H2,4,5,6);;;;/q;2*+1;2*-1. The summed E-state index contributed by atoms with van der Waals surface area (Å²) in [6.07, 6.45) is 0. The maximum atomic E-state index is 9.74. The first-order valence-corrected chi connectivity index (χ1v) is 3.20. The van der Waals surface area contributed by atoms with Crippen molar-refractivity contribution in [3.05, 3.63) is 0 Å². The summed E-state index contributed by atoms with van der Waals surface area (Å²) in [5, 5.41) is 0. The van der Waals surface area contributed by atoms with Crippen molar-refractivity contribution < 1.29 is 64.2 Å². The van der Waals surface area contributed by atoms with Gasteiger partial charge in [0.25, 0.3) is 0 Å². The molecule has 0 aliphatic carbocycles. The molecule has 0 radical (unpaired) electrons. The molecule has 0 aromatic rings. The van der Waals surface area contributed by atoms with Crippen molar-refractivity contribution in [1.82, 2.24) is 0 Å². The van der Waals surface area contributed by atoms with E-state index in [9.17, 15) is 9.36 Å². The van der Waals surface area contributed by atoms with E-state index in [4.69, 9.17) is 9.79 Å². The van der Waals surface area contributed by atoms with Crippen molar-refractivity contribution in [1.29, 1.82) is 0 Å². The second-order valence-electron chi connectivity index (χ2n) is 1.07. The van der Waals surface area contributed by atoms with Crippen molar-refractivity contribution in [3.8, 4) is 0 Å². The molecule has 0 saturated carbocycles. The quantitative estimate of drug-likeness (QED) is 0.291. The number of phosphoric ester groups is 1. The molecule has 8 heteroatoms. The Kier molecular flexibility index (Phi) is 11.1. The number of hydrogen-bond donors (Lipinski definition) is 2. The molecule has 0 aromatic heterocycles. The van der Waals surface area contributed by atoms with Crippen LogP contribution in [-0.4, -0.2) is 15.8 Å². The Morgan fingerprint density at radius 3 is 1.80 bits per heavy atom. The number of carbonyl (C=O) groups excluding carboxylic acids is 1. The van der Waals surface area contributed by atoms with Gasteiger partial charge in [-0.15, -0.1) is 0 Å². The number of rotatable bonds is 1. The molecule has 0 saturated heterocycles. The van der Waals surface area contributed by atoms with E-state index in [-0.39, 0.29) is 40.6 Å². The Balaban J connectivity index is -0.0000000408. The maximum absolute atomic E-state index is 9.74. The van der Waals surface area contributed by atoms with Gasteiger partial charge in [-0.2, -0.15) is 0 Å². The molecule has 0 unspecified atom stereocenters. The molecular weight excluding hydrogens is 149 g/mol. The molecule has 10 heavy (non-hydrogen) atoms. The van der Waals surface area contributed by atoms with E-state index in [1.54, 1.807) is 0 Å². The monoisotopic (exact) mass is 156 g/mol. The van der Waals surface area contributed by atoms with Gasteiger partial charge in [-0.25, -0.2) is 4.57 Å². The Morgan fingerprint density at radius 1 is 1.50 bits per heavy atom. The summed E-state index contributed by atoms with van der Waals surface area (Å²) in [6, 6.07) is 0. The molecule has 0 rings (SSSR count). The summed E-state index contributed by atoms with van der Waals surface area (Å²) in [4.78, 5) is 25.5. The molecule has 0 amide bonds. The van der Waals surface area contributed by atoms with E-state index in [1.807, 2.05) is 0 Å². The van der Waals surface area contributed by atoms with Crippen LogP contribution in [0, 0.1) is 0 Å². The van der Waals surface area contributed by atoms with Crippen molar-refractivity contribution in [2.75, 3.05) is 0 Å². The predicted molar refractivity (Wildman–Crippen MR) is 26.0 cm³/mol. The third-order valence-corrected chi connectivity index (χ3v) is 0.742. The van der Waals surface area contributed by atoms with Crippen molar-refractivity contribution >= 4 is 13.8 Å². The van der Waals surface area contributed by atoms with Gasteiger partial charge < -0.3 is 7.38 Å². The van der Waals surface area contributed by atoms with E-state index in [2.05, 4.69) is 4.52 Å². The second-order valence-corrected chi connectivity index (χ2v) is 2.24. The van der Waals surface area contributed by atoms with Gasteiger partial charge >= 0.3 is 51.5 Å². The number of carbonyl (C=O) groups is 1. The van der Waals surface area contributed by atoms with Crippen LogP contribution < -0.4 is 37.7 Å². The van der Waals surface area contributed by atoms with Crippen molar-refractivity contribution in [2.45, 2.75) is 6.92 Å². The summed E-state index contributed by atoms with van der Waals surface area (Å²) in [5.41, 5.74) is 0. The van der Waals surface area contributed by atoms with E-state index in [0.717, 1.165) is 6.92 Å². The molecule has 0 aliphatic heterocycles. The first-order valence-electron chi connectivity index (χ1n) is 1.67. The predicted octanol–water partition coefficient (Wildman–Crippen LogP) is -6.12. The minimum absolute atomic E-state index is 0. The molecule has 0 bridgehead atoms. The molecule has 0 atom stereocenters. The van der Waals surface area contributed by atoms with Gasteiger partial charge in [-0.05, 0) is 0 Å². The fourth-order valence-electron chi connectivity index (χ4n) is 0.167. The van der Waals surface area contributed by atoms with E-state index in [0.29, 0.717) is 0 Å². The first-order chi connectivity index (χ1) is 3.42. The van der Waals surface area contributed by atoms with Gasteiger partial charge in [-0.3, -0.25) is 14.6 Å². The smallest absolute Gasteiger partial charge is 1.00 e. The van der Waals surface area contributed by atoms with Crippen LogP contribution in [0.1, 0.15) is 9.78 Å². The third kappa shape index (κ3) is 15.9. The zero-order chi connectivity index (χ0) is 6.78. The Morgan fingerprint density at radius 2 is 1.80 bits per heavy atom. The first kappa shape index (κ1) is 17.1. The molecule has 0 fully saturated rings. The fraction of sp³-hybridized carbons (Fsp3) is 0.500. The Labute approximate surface area is 85.1 Å². The van der Waals surface area contributed by atoms with Gasteiger partial charge in [-0.1, -0.05) is 0 Å². The SMILES string of the molecule is CC(=O)OP(=O)(O)O.[H-].[H-].[Li+].[Li+]. The zero-order valence-corrected chi connectivity index (χ0v) is 6.96. The minimum atomic E-state index is -4.57. The van der Waals surface area contributed by atoms with Crippen LogP contribution in [0.25, 0.3) is 0 Å². The molecule has 0 aromatic carbocycles. The normalized spacial score (nSPS) is 8.70. The van der Waals surface area contributed by atoms with Gasteiger partial charge in [0.2, 0.25) is 0 Å². The van der Waals surface area contributed by atoms with Gasteiger partial charge in [0, 0.05) is 6.92 Å². The average molecular weight is 156 g/mol. The largest absolute Gasteiger partial charge is 1.00 e. The van der Waals surface area contributed by atoms with Gasteiger partial charge in [0.15, 0.2) is 0 Å². The van der Waals surface area contributed by atoms with E-state index < -0.39 is 13.8 Å². The van der Waals surface area contributed by atoms with Crippen LogP contribution in [0.15, 0.2) is 0 Å². The summed E-state index contributed by atoms with van der Waals surface area (Å²) in [7, 11) is -4.57. The van der Waals surface area contributed by atoms with Gasteiger partial charge in [0.05, 0.1) is 0 Å². The Bertz CT molecular complexity index is 148. The van der Waals surface area contributed by atoms with Crippen LogP contribution >= 0.6 is 7.82 Å². The van der Waals surface area contributed by atoms with Crippen molar-refractivity contribution in [3.63, 3.8) is 0 Å². The van der Waals surface area contributed by atoms with E-state index >= 15 is 0 Å². The van der Waals surface area contributed by atoms with Crippen LogP contribution in [0.2, 0.25) is 0 Å². The molecular formula is C2H7Li2O5P. The zero-order valence-electron chi connectivity index (χ0n) is 8.07. The van der Waals surface area contributed by atoms with Gasteiger partial charge in [0.1, 0.15) is 0 Å². The number of phosphoric acid groups is 1. The Hall–Kier alpha value is 0.815. The van der Waals surface area contributed by atoms with Crippen LogP contribution in [0.5, 0.6) is 0 Å².